The summed E-state index contributed by atoms with van der Waals surface area (Å²) in [4.78, 5) is 24.7. The van der Waals surface area contributed by atoms with Crippen LogP contribution in [0.3, 0.4) is 0 Å². The van der Waals surface area contributed by atoms with E-state index >= 15 is 0 Å². The molecule has 0 bridgehead atoms. The van der Waals surface area contributed by atoms with Gasteiger partial charge in [-0.2, -0.15) is 0 Å². The highest BCUT2D eigenvalue weighted by Gasteiger charge is 2.29. The third-order valence-electron chi connectivity index (χ3n) is 3.43. The number of aliphatic carboxylic acids is 1. The highest BCUT2D eigenvalue weighted by Crippen LogP contribution is 2.20. The van der Waals surface area contributed by atoms with Crippen molar-refractivity contribution >= 4 is 11.9 Å². The number of carbonyl (C=O) groups is 2. The zero-order valence-corrected chi connectivity index (χ0v) is 10.4. The quantitative estimate of drug-likeness (QED) is 0.742. The average Bonchev–Trinajstić information content (AvgIpc) is 2.35. The van der Waals surface area contributed by atoms with Gasteiger partial charge in [0.25, 0.3) is 0 Å². The fourth-order valence-corrected chi connectivity index (χ4v) is 2.30. The lowest BCUT2D eigenvalue weighted by Gasteiger charge is -2.32. The molecule has 0 radical (unpaired) electrons. The van der Waals surface area contributed by atoms with Crippen LogP contribution in [0.15, 0.2) is 0 Å². The van der Waals surface area contributed by atoms with E-state index in [-0.39, 0.29) is 17.7 Å². The molecule has 0 spiro atoms. The van der Waals surface area contributed by atoms with Crippen molar-refractivity contribution in [3.05, 3.63) is 0 Å². The van der Waals surface area contributed by atoms with E-state index in [0.29, 0.717) is 32.5 Å². The minimum Gasteiger partial charge on any atom is -0.481 e. The Hall–Kier alpha value is -1.10. The van der Waals surface area contributed by atoms with Crippen LogP contribution in [-0.2, 0) is 9.59 Å². The Morgan fingerprint density at radius 2 is 2.00 bits per heavy atom. The van der Waals surface area contributed by atoms with Crippen LogP contribution in [0.4, 0.5) is 0 Å². The maximum absolute atomic E-state index is 12.1. The molecule has 1 aliphatic rings. The SMILES string of the molecule is CCCC(CN)C(=O)N1CCC(C(=O)O)CC1. The fourth-order valence-electron chi connectivity index (χ4n) is 2.30. The van der Waals surface area contributed by atoms with Crippen molar-refractivity contribution < 1.29 is 14.7 Å². The number of hydrogen-bond donors (Lipinski definition) is 2. The number of likely N-dealkylation sites (tertiary alicyclic amines) is 1. The molecule has 0 aromatic heterocycles. The molecule has 1 saturated heterocycles. The molecule has 0 aliphatic carbocycles. The molecule has 3 N–H and O–H groups in total. The van der Waals surface area contributed by atoms with Gasteiger partial charge in [-0.25, -0.2) is 0 Å². The zero-order chi connectivity index (χ0) is 12.8. The van der Waals surface area contributed by atoms with Crippen LogP contribution in [0.2, 0.25) is 0 Å². The van der Waals surface area contributed by atoms with Crippen molar-refractivity contribution in [2.75, 3.05) is 19.6 Å². The fraction of sp³-hybridized carbons (Fsp3) is 0.833. The Morgan fingerprint density at radius 1 is 1.41 bits per heavy atom. The van der Waals surface area contributed by atoms with Gasteiger partial charge in [0.1, 0.15) is 0 Å². The van der Waals surface area contributed by atoms with E-state index in [0.717, 1.165) is 12.8 Å². The molecule has 0 aromatic rings. The molecule has 1 fully saturated rings. The molecule has 1 heterocycles. The van der Waals surface area contributed by atoms with Gasteiger partial charge >= 0.3 is 5.97 Å². The third kappa shape index (κ3) is 3.70. The molecule has 5 heteroatoms. The van der Waals surface area contributed by atoms with Gasteiger partial charge < -0.3 is 15.7 Å². The number of hydrogen-bond acceptors (Lipinski definition) is 3. The predicted octanol–water partition coefficient (Wildman–Crippen LogP) is 0.685. The van der Waals surface area contributed by atoms with Crippen LogP contribution in [0.5, 0.6) is 0 Å². The normalized spacial score (nSPS) is 19.1. The predicted molar refractivity (Wildman–Crippen MR) is 64.4 cm³/mol. The van der Waals surface area contributed by atoms with Gasteiger partial charge in [-0.1, -0.05) is 13.3 Å². The average molecular weight is 242 g/mol. The Kier molecular flexibility index (Phi) is 5.41. The van der Waals surface area contributed by atoms with Gasteiger partial charge in [0.05, 0.1) is 11.8 Å². The number of carboxylic acids is 1. The minimum atomic E-state index is -0.749. The van der Waals surface area contributed by atoms with E-state index in [4.69, 9.17) is 10.8 Å². The molecule has 5 nitrogen and oxygen atoms in total. The topological polar surface area (TPSA) is 83.6 Å². The number of rotatable bonds is 5. The second-order valence-corrected chi connectivity index (χ2v) is 4.66. The molecule has 1 unspecified atom stereocenters. The van der Waals surface area contributed by atoms with Crippen LogP contribution in [0.1, 0.15) is 32.6 Å². The van der Waals surface area contributed by atoms with E-state index < -0.39 is 5.97 Å². The third-order valence-corrected chi connectivity index (χ3v) is 3.43. The largest absolute Gasteiger partial charge is 0.481 e. The van der Waals surface area contributed by atoms with Crippen molar-refractivity contribution in [3.8, 4) is 0 Å². The smallest absolute Gasteiger partial charge is 0.306 e. The molecule has 1 atom stereocenters. The Morgan fingerprint density at radius 3 is 2.41 bits per heavy atom. The van der Waals surface area contributed by atoms with Crippen molar-refractivity contribution in [1.29, 1.82) is 0 Å². The molecular formula is C12H22N2O3. The van der Waals surface area contributed by atoms with Crippen LogP contribution >= 0.6 is 0 Å². The number of nitrogens with zero attached hydrogens (tertiary/aromatic N) is 1. The lowest BCUT2D eigenvalue weighted by molar-refractivity contribution is -0.146. The van der Waals surface area contributed by atoms with E-state index in [1.54, 1.807) is 4.90 Å². The summed E-state index contributed by atoms with van der Waals surface area (Å²) in [5.74, 6) is -1.04. The second-order valence-electron chi connectivity index (χ2n) is 4.66. The first-order chi connectivity index (χ1) is 8.10. The summed E-state index contributed by atoms with van der Waals surface area (Å²) >= 11 is 0. The van der Waals surface area contributed by atoms with Crippen LogP contribution in [0.25, 0.3) is 0 Å². The van der Waals surface area contributed by atoms with Gasteiger partial charge in [-0.15, -0.1) is 0 Å². The standard InChI is InChI=1S/C12H22N2O3/c1-2-3-10(8-13)11(15)14-6-4-9(5-7-14)12(16)17/h9-10H,2-8,13H2,1H3,(H,16,17). The first-order valence-corrected chi connectivity index (χ1v) is 6.31. The van der Waals surface area contributed by atoms with Gasteiger partial charge in [-0.05, 0) is 19.3 Å². The molecule has 1 rings (SSSR count). The monoisotopic (exact) mass is 242 g/mol. The van der Waals surface area contributed by atoms with E-state index in [9.17, 15) is 9.59 Å². The van der Waals surface area contributed by atoms with Crippen LogP contribution in [-0.4, -0.2) is 41.5 Å². The number of carbonyl (C=O) groups excluding carboxylic acids is 1. The maximum Gasteiger partial charge on any atom is 0.306 e. The van der Waals surface area contributed by atoms with E-state index in [2.05, 4.69) is 0 Å². The number of carboxylic acid groups (broad SMARTS) is 1. The summed E-state index contributed by atoms with van der Waals surface area (Å²) in [6, 6.07) is 0. The number of amides is 1. The lowest BCUT2D eigenvalue weighted by Crippen LogP contribution is -2.44. The van der Waals surface area contributed by atoms with Crippen molar-refractivity contribution in [2.24, 2.45) is 17.6 Å². The molecule has 17 heavy (non-hydrogen) atoms. The minimum absolute atomic E-state index is 0.0955. The van der Waals surface area contributed by atoms with Gasteiger partial charge in [-0.3, -0.25) is 9.59 Å². The Balaban J connectivity index is 2.47. The van der Waals surface area contributed by atoms with Gasteiger partial charge in [0, 0.05) is 19.6 Å². The van der Waals surface area contributed by atoms with Crippen LogP contribution < -0.4 is 5.73 Å². The second kappa shape index (κ2) is 6.59. The first-order valence-electron chi connectivity index (χ1n) is 6.31. The Labute approximate surface area is 102 Å². The van der Waals surface area contributed by atoms with Crippen molar-refractivity contribution in [2.45, 2.75) is 32.6 Å². The van der Waals surface area contributed by atoms with Crippen molar-refractivity contribution in [1.82, 2.24) is 4.90 Å². The molecular weight excluding hydrogens is 220 g/mol. The van der Waals surface area contributed by atoms with Crippen molar-refractivity contribution in [3.63, 3.8) is 0 Å². The number of nitrogens with two attached hydrogens (primary N) is 1. The number of piperidine rings is 1. The molecule has 0 aromatic carbocycles. The molecule has 1 aliphatic heterocycles. The van der Waals surface area contributed by atoms with Gasteiger partial charge in [0.15, 0.2) is 0 Å². The molecule has 98 valence electrons. The molecule has 0 saturated carbocycles. The highest BCUT2D eigenvalue weighted by atomic mass is 16.4. The summed E-state index contributed by atoms with van der Waals surface area (Å²) in [6.45, 7) is 3.52. The first kappa shape index (κ1) is 14.0. The van der Waals surface area contributed by atoms with Crippen LogP contribution in [0, 0.1) is 11.8 Å². The summed E-state index contributed by atoms with van der Waals surface area (Å²) in [5, 5.41) is 8.88. The summed E-state index contributed by atoms with van der Waals surface area (Å²) in [5.41, 5.74) is 5.60. The Bertz CT molecular complexity index is 273. The summed E-state index contributed by atoms with van der Waals surface area (Å²) in [7, 11) is 0. The molecule has 1 amide bonds. The summed E-state index contributed by atoms with van der Waals surface area (Å²) < 4.78 is 0. The van der Waals surface area contributed by atoms with E-state index in [1.165, 1.54) is 0 Å². The maximum atomic E-state index is 12.1. The van der Waals surface area contributed by atoms with E-state index in [1.807, 2.05) is 6.92 Å². The zero-order valence-electron chi connectivity index (χ0n) is 10.4. The summed E-state index contributed by atoms with van der Waals surface area (Å²) in [6.07, 6.45) is 2.88. The lowest BCUT2D eigenvalue weighted by atomic mass is 9.95. The van der Waals surface area contributed by atoms with Gasteiger partial charge in [0.2, 0.25) is 5.91 Å². The highest BCUT2D eigenvalue weighted by molar-refractivity contribution is 5.79.